The number of hydrogen-bond donors (Lipinski definition) is 0. The molecule has 0 aliphatic rings. The monoisotopic (exact) mass is 397 g/mol. The molecule has 138 valence electrons. The zero-order valence-corrected chi connectivity index (χ0v) is 17.0. The Morgan fingerprint density at radius 2 is 1.85 bits per heavy atom. The Labute approximate surface area is 168 Å². The van der Waals surface area contributed by atoms with Crippen molar-refractivity contribution >= 4 is 23.4 Å². The van der Waals surface area contributed by atoms with Crippen molar-refractivity contribution in [1.29, 1.82) is 5.26 Å². The summed E-state index contributed by atoms with van der Waals surface area (Å²) in [7, 11) is 4.03. The Morgan fingerprint density at radius 1 is 1.15 bits per heavy atom. The van der Waals surface area contributed by atoms with Gasteiger partial charge in [-0.2, -0.15) is 5.26 Å². The molecule has 1 atom stereocenters. The molecule has 0 spiro atoms. The number of thioether (sulfide) groups is 1. The fraction of sp³-hybridized carbons (Fsp3) is 0.250. The van der Waals surface area contributed by atoms with E-state index in [0.29, 0.717) is 16.3 Å². The second-order valence-corrected chi connectivity index (χ2v) is 7.73. The molecule has 3 rings (SSSR count). The fourth-order valence-corrected chi connectivity index (χ4v) is 3.70. The van der Waals surface area contributed by atoms with Crippen molar-refractivity contribution in [2.24, 2.45) is 0 Å². The van der Waals surface area contributed by atoms with E-state index >= 15 is 0 Å². The van der Waals surface area contributed by atoms with Crippen molar-refractivity contribution < 1.29 is 0 Å². The molecule has 0 unspecified atom stereocenters. The van der Waals surface area contributed by atoms with Crippen LogP contribution in [0.25, 0.3) is 5.69 Å². The van der Waals surface area contributed by atoms with Crippen LogP contribution in [0.1, 0.15) is 29.9 Å². The third-order valence-electron chi connectivity index (χ3n) is 4.39. The van der Waals surface area contributed by atoms with Crippen LogP contribution in [0.2, 0.25) is 5.02 Å². The van der Waals surface area contributed by atoms with Crippen molar-refractivity contribution in [2.75, 3.05) is 14.1 Å². The lowest BCUT2D eigenvalue weighted by Gasteiger charge is -2.20. The molecule has 5 nitrogen and oxygen atoms in total. The highest BCUT2D eigenvalue weighted by Crippen LogP contribution is 2.29. The molecule has 0 saturated carbocycles. The first-order valence-electron chi connectivity index (χ1n) is 8.49. The molecule has 0 radical (unpaired) electrons. The molecule has 0 fully saturated rings. The first-order chi connectivity index (χ1) is 13.0. The van der Waals surface area contributed by atoms with Crippen molar-refractivity contribution in [2.45, 2.75) is 23.9 Å². The minimum Gasteiger partial charge on any atom is -0.300 e. The minimum absolute atomic E-state index is 0.0916. The highest BCUT2D eigenvalue weighted by molar-refractivity contribution is 7.98. The van der Waals surface area contributed by atoms with Crippen LogP contribution < -0.4 is 0 Å². The Hall–Kier alpha value is -2.33. The van der Waals surface area contributed by atoms with E-state index < -0.39 is 0 Å². The van der Waals surface area contributed by atoms with Crippen LogP contribution in [0.15, 0.2) is 53.7 Å². The van der Waals surface area contributed by atoms with Crippen LogP contribution in [0.5, 0.6) is 0 Å². The van der Waals surface area contributed by atoms with Gasteiger partial charge < -0.3 is 0 Å². The summed E-state index contributed by atoms with van der Waals surface area (Å²) >= 11 is 7.62. The summed E-state index contributed by atoms with van der Waals surface area (Å²) in [5.74, 6) is 1.50. The van der Waals surface area contributed by atoms with E-state index in [2.05, 4.69) is 32.7 Å². The topological polar surface area (TPSA) is 57.7 Å². The number of halogens is 1. The predicted molar refractivity (Wildman–Crippen MR) is 109 cm³/mol. The van der Waals surface area contributed by atoms with Crippen molar-refractivity contribution in [3.05, 3.63) is 70.5 Å². The van der Waals surface area contributed by atoms with Gasteiger partial charge in [0, 0.05) is 16.5 Å². The number of nitrogens with zero attached hydrogens (tertiary/aromatic N) is 5. The Kier molecular flexibility index (Phi) is 6.17. The predicted octanol–water partition coefficient (Wildman–Crippen LogP) is 4.71. The molecular formula is C20H20ClN5S. The highest BCUT2D eigenvalue weighted by Gasteiger charge is 2.21. The van der Waals surface area contributed by atoms with Gasteiger partial charge in [0.1, 0.15) is 0 Å². The molecule has 27 heavy (non-hydrogen) atoms. The van der Waals surface area contributed by atoms with E-state index in [-0.39, 0.29) is 6.04 Å². The van der Waals surface area contributed by atoms with Gasteiger partial charge in [-0.05, 0) is 56.9 Å². The van der Waals surface area contributed by atoms with Crippen LogP contribution in [0.4, 0.5) is 0 Å². The van der Waals surface area contributed by atoms with Gasteiger partial charge in [0.05, 0.1) is 17.7 Å². The number of rotatable bonds is 6. The Morgan fingerprint density at radius 3 is 2.52 bits per heavy atom. The highest BCUT2D eigenvalue weighted by atomic mass is 35.5. The van der Waals surface area contributed by atoms with Gasteiger partial charge >= 0.3 is 0 Å². The molecule has 1 aromatic heterocycles. The Balaban J connectivity index is 1.97. The van der Waals surface area contributed by atoms with E-state index in [1.807, 2.05) is 62.6 Å². The summed E-state index contributed by atoms with van der Waals surface area (Å²) in [5.41, 5.74) is 2.63. The van der Waals surface area contributed by atoms with Crippen molar-refractivity contribution in [1.82, 2.24) is 19.7 Å². The van der Waals surface area contributed by atoms with Gasteiger partial charge in [-0.1, -0.05) is 41.6 Å². The lowest BCUT2D eigenvalue weighted by molar-refractivity contribution is 0.305. The number of nitriles is 1. The molecule has 2 aromatic carbocycles. The maximum atomic E-state index is 9.30. The van der Waals surface area contributed by atoms with E-state index in [4.69, 9.17) is 11.6 Å². The van der Waals surface area contributed by atoms with Gasteiger partial charge in [-0.3, -0.25) is 9.47 Å². The largest absolute Gasteiger partial charge is 0.300 e. The zero-order chi connectivity index (χ0) is 19.4. The van der Waals surface area contributed by atoms with E-state index in [9.17, 15) is 5.26 Å². The third kappa shape index (κ3) is 4.33. The molecule has 3 aromatic rings. The third-order valence-corrected chi connectivity index (χ3v) is 5.62. The van der Waals surface area contributed by atoms with Gasteiger partial charge in [-0.15, -0.1) is 10.2 Å². The molecule has 1 heterocycles. The van der Waals surface area contributed by atoms with E-state index in [1.54, 1.807) is 11.8 Å². The maximum Gasteiger partial charge on any atom is 0.196 e. The van der Waals surface area contributed by atoms with Gasteiger partial charge in [0.2, 0.25) is 0 Å². The first kappa shape index (κ1) is 19.4. The molecule has 0 N–H and O–H groups in total. The zero-order valence-electron chi connectivity index (χ0n) is 15.4. The number of aromatic nitrogens is 3. The average Bonchev–Trinajstić information content (AvgIpc) is 3.10. The van der Waals surface area contributed by atoms with Gasteiger partial charge in [0.15, 0.2) is 11.0 Å². The quantitative estimate of drug-likeness (QED) is 0.564. The second-order valence-electron chi connectivity index (χ2n) is 6.35. The van der Waals surface area contributed by atoms with Crippen LogP contribution in [0, 0.1) is 11.3 Å². The molecule has 0 bridgehead atoms. The number of hydrogen-bond acceptors (Lipinski definition) is 5. The average molecular weight is 398 g/mol. The van der Waals surface area contributed by atoms with Crippen LogP contribution in [-0.4, -0.2) is 33.8 Å². The lowest BCUT2D eigenvalue weighted by Crippen LogP contribution is -2.20. The van der Waals surface area contributed by atoms with E-state index in [0.717, 1.165) is 22.2 Å². The van der Waals surface area contributed by atoms with E-state index in [1.165, 1.54) is 0 Å². The van der Waals surface area contributed by atoms with Crippen LogP contribution >= 0.6 is 23.4 Å². The molecular weight excluding hydrogens is 378 g/mol. The van der Waals surface area contributed by atoms with Gasteiger partial charge in [-0.25, -0.2) is 0 Å². The first-order valence-corrected chi connectivity index (χ1v) is 9.86. The minimum atomic E-state index is 0.0916. The second kappa shape index (κ2) is 8.57. The van der Waals surface area contributed by atoms with Crippen LogP contribution in [0.3, 0.4) is 0 Å². The van der Waals surface area contributed by atoms with Crippen molar-refractivity contribution in [3.63, 3.8) is 0 Å². The molecule has 0 amide bonds. The summed E-state index contributed by atoms with van der Waals surface area (Å²) in [4.78, 5) is 2.09. The summed E-state index contributed by atoms with van der Waals surface area (Å²) in [6, 6.07) is 17.6. The molecule has 7 heteroatoms. The summed E-state index contributed by atoms with van der Waals surface area (Å²) in [5, 5.41) is 19.6. The standard InChI is InChI=1S/C20H20ClN5S/c1-14(25(2)3)19-23-24-20(26(19)18-10-8-17(21)9-11-18)27-13-16-7-5-4-6-15(16)12-22/h4-11,14H,13H2,1-3H3/t14-/m0/s1. The smallest absolute Gasteiger partial charge is 0.196 e. The lowest BCUT2D eigenvalue weighted by atomic mass is 10.1. The molecule has 0 aliphatic heterocycles. The SMILES string of the molecule is C[C@@H](c1nnc(SCc2ccccc2C#N)n1-c1ccc(Cl)cc1)N(C)C. The Bertz CT molecular complexity index is 959. The van der Waals surface area contributed by atoms with Crippen LogP contribution in [-0.2, 0) is 5.75 Å². The fourth-order valence-electron chi connectivity index (χ4n) is 2.61. The van der Waals surface area contributed by atoms with Gasteiger partial charge in [0.25, 0.3) is 0 Å². The summed E-state index contributed by atoms with van der Waals surface area (Å²) < 4.78 is 2.06. The van der Waals surface area contributed by atoms with Crippen molar-refractivity contribution in [3.8, 4) is 11.8 Å². The summed E-state index contributed by atoms with van der Waals surface area (Å²) in [6.45, 7) is 2.09. The number of benzene rings is 2. The summed E-state index contributed by atoms with van der Waals surface area (Å²) in [6.07, 6.45) is 0. The normalized spacial score (nSPS) is 12.1. The maximum absolute atomic E-state index is 9.30. The molecule has 0 aliphatic carbocycles. The molecule has 0 saturated heterocycles.